The molecule has 1 aromatic carbocycles. The third kappa shape index (κ3) is 5.34. The summed E-state index contributed by atoms with van der Waals surface area (Å²) in [6, 6.07) is 4.55. The van der Waals surface area contributed by atoms with Crippen LogP contribution in [-0.4, -0.2) is 44.2 Å². The van der Waals surface area contributed by atoms with Crippen molar-refractivity contribution in [3.8, 4) is 0 Å². The lowest BCUT2D eigenvalue weighted by Gasteiger charge is -2.31. The van der Waals surface area contributed by atoms with Gasteiger partial charge in [-0.3, -0.25) is 0 Å². The maximum atomic E-state index is 13.0. The molecule has 1 heterocycles. The quantitative estimate of drug-likeness (QED) is 0.783. The summed E-state index contributed by atoms with van der Waals surface area (Å²) in [5, 5.41) is 3.32. The van der Waals surface area contributed by atoms with Gasteiger partial charge in [0.2, 0.25) is 0 Å². The molecule has 21 heavy (non-hydrogen) atoms. The van der Waals surface area contributed by atoms with Crippen molar-refractivity contribution >= 4 is 0 Å². The summed E-state index contributed by atoms with van der Waals surface area (Å²) in [6.45, 7) is 4.28. The van der Waals surface area contributed by atoms with E-state index in [0.717, 1.165) is 32.1 Å². The summed E-state index contributed by atoms with van der Waals surface area (Å²) in [5.74, 6) is -1.63. The molecule has 1 aromatic rings. The molecule has 0 atom stereocenters. The molecule has 118 valence electrons. The molecule has 1 N–H and O–H groups in total. The summed E-state index contributed by atoms with van der Waals surface area (Å²) in [6.07, 6.45) is 3.37. The van der Waals surface area contributed by atoms with E-state index in [4.69, 9.17) is 4.74 Å². The zero-order valence-corrected chi connectivity index (χ0v) is 12.6. The van der Waals surface area contributed by atoms with Crippen LogP contribution in [0.25, 0.3) is 0 Å². The van der Waals surface area contributed by atoms with E-state index in [9.17, 15) is 8.78 Å². The second-order valence-corrected chi connectivity index (χ2v) is 5.56. The number of ether oxygens (including phenoxy) is 1. The van der Waals surface area contributed by atoms with E-state index >= 15 is 0 Å². The van der Waals surface area contributed by atoms with Crippen LogP contribution in [0.5, 0.6) is 0 Å². The Morgan fingerprint density at radius 1 is 1.24 bits per heavy atom. The first kappa shape index (κ1) is 16.3. The van der Waals surface area contributed by atoms with Crippen molar-refractivity contribution in [2.24, 2.45) is 0 Å². The van der Waals surface area contributed by atoms with Gasteiger partial charge < -0.3 is 15.0 Å². The Bertz CT molecular complexity index is 434. The van der Waals surface area contributed by atoms with E-state index < -0.39 is 11.6 Å². The fourth-order valence-corrected chi connectivity index (χ4v) is 2.65. The zero-order chi connectivity index (χ0) is 15.1. The molecule has 2 rings (SSSR count). The van der Waals surface area contributed by atoms with Gasteiger partial charge in [-0.2, -0.15) is 0 Å². The molecular weight excluding hydrogens is 274 g/mol. The highest BCUT2D eigenvalue weighted by atomic mass is 19.2. The highest BCUT2D eigenvalue weighted by Crippen LogP contribution is 2.11. The maximum Gasteiger partial charge on any atom is 0.159 e. The normalized spacial score (nSPS) is 17.3. The van der Waals surface area contributed by atoms with Crippen LogP contribution in [0.1, 0.15) is 24.8 Å². The minimum atomic E-state index is -0.816. The average Bonchev–Trinajstić information content (AvgIpc) is 2.51. The summed E-state index contributed by atoms with van der Waals surface area (Å²) >= 11 is 0. The number of benzene rings is 1. The van der Waals surface area contributed by atoms with Crippen LogP contribution >= 0.6 is 0 Å². The predicted molar refractivity (Wildman–Crippen MR) is 79.2 cm³/mol. The molecule has 0 aromatic heterocycles. The largest absolute Gasteiger partial charge is 0.377 e. The maximum absolute atomic E-state index is 13.0. The van der Waals surface area contributed by atoms with Gasteiger partial charge in [-0.25, -0.2) is 8.78 Å². The topological polar surface area (TPSA) is 24.5 Å². The van der Waals surface area contributed by atoms with Gasteiger partial charge in [0.05, 0.1) is 6.61 Å². The van der Waals surface area contributed by atoms with Gasteiger partial charge in [0.1, 0.15) is 0 Å². The van der Waals surface area contributed by atoms with E-state index in [1.807, 2.05) is 7.05 Å². The molecule has 0 radical (unpaired) electrons. The van der Waals surface area contributed by atoms with Gasteiger partial charge in [-0.05, 0) is 57.1 Å². The molecule has 0 saturated carbocycles. The van der Waals surface area contributed by atoms with Crippen molar-refractivity contribution < 1.29 is 13.5 Å². The molecule has 1 aliphatic heterocycles. The molecule has 1 fully saturated rings. The number of halogens is 2. The lowest BCUT2D eigenvalue weighted by molar-refractivity contribution is 0.103. The molecule has 0 aliphatic carbocycles. The first-order valence-electron chi connectivity index (χ1n) is 7.60. The van der Waals surface area contributed by atoms with Gasteiger partial charge in [-0.15, -0.1) is 0 Å². The molecule has 3 nitrogen and oxygen atoms in total. The molecule has 1 aliphatic rings. The Morgan fingerprint density at radius 2 is 2.00 bits per heavy atom. The van der Waals surface area contributed by atoms with Crippen LogP contribution in [0.2, 0.25) is 0 Å². The van der Waals surface area contributed by atoms with Crippen LogP contribution in [0, 0.1) is 11.6 Å². The van der Waals surface area contributed by atoms with Gasteiger partial charge in [0.25, 0.3) is 0 Å². The molecule has 0 amide bonds. The molecule has 0 bridgehead atoms. The molecule has 5 heteroatoms. The Kier molecular flexibility index (Phi) is 6.54. The van der Waals surface area contributed by atoms with Crippen LogP contribution in [0.15, 0.2) is 18.2 Å². The molecular formula is C16H24F2N2O. The summed E-state index contributed by atoms with van der Waals surface area (Å²) in [7, 11) is 2.02. The van der Waals surface area contributed by atoms with E-state index in [0.29, 0.717) is 24.8 Å². The minimum absolute atomic E-state index is 0.332. The zero-order valence-electron chi connectivity index (χ0n) is 12.6. The number of rotatable bonds is 7. The van der Waals surface area contributed by atoms with Crippen LogP contribution in [-0.2, 0) is 11.3 Å². The fraction of sp³-hybridized carbons (Fsp3) is 0.625. The van der Waals surface area contributed by atoms with Crippen molar-refractivity contribution in [2.75, 3.05) is 33.3 Å². The Morgan fingerprint density at radius 3 is 2.67 bits per heavy atom. The highest BCUT2D eigenvalue weighted by Gasteiger charge is 2.16. The van der Waals surface area contributed by atoms with Crippen LogP contribution in [0.3, 0.4) is 0 Å². The van der Waals surface area contributed by atoms with Crippen molar-refractivity contribution in [1.29, 1.82) is 0 Å². The average molecular weight is 298 g/mol. The first-order valence-corrected chi connectivity index (χ1v) is 7.60. The lowest BCUT2D eigenvalue weighted by Crippen LogP contribution is -2.41. The smallest absolute Gasteiger partial charge is 0.159 e. The second kappa shape index (κ2) is 8.41. The van der Waals surface area contributed by atoms with Gasteiger partial charge in [0.15, 0.2) is 11.6 Å². The number of likely N-dealkylation sites (tertiary alicyclic amines) is 1. The molecule has 1 saturated heterocycles. The number of nitrogens with one attached hydrogen (secondary N) is 1. The second-order valence-electron chi connectivity index (χ2n) is 5.56. The third-order valence-corrected chi connectivity index (χ3v) is 4.01. The van der Waals surface area contributed by atoms with Crippen LogP contribution in [0.4, 0.5) is 8.78 Å². The molecule has 0 spiro atoms. The molecule has 0 unspecified atom stereocenters. The van der Waals surface area contributed by atoms with E-state index in [1.54, 1.807) is 6.07 Å². The summed E-state index contributed by atoms with van der Waals surface area (Å²) in [5.41, 5.74) is 0.670. The van der Waals surface area contributed by atoms with Crippen molar-refractivity contribution in [2.45, 2.75) is 31.9 Å². The van der Waals surface area contributed by atoms with Gasteiger partial charge in [0, 0.05) is 19.2 Å². The Labute approximate surface area is 125 Å². The summed E-state index contributed by atoms with van der Waals surface area (Å²) in [4.78, 5) is 2.45. The SMILES string of the molecule is CNC1CCN(CCCOCc2ccc(F)c(F)c2)CC1. The Hall–Kier alpha value is -1.04. The standard InChI is InChI=1S/C16H24F2N2O/c1-19-14-5-8-20(9-6-14)7-2-10-21-12-13-3-4-15(17)16(18)11-13/h3-4,11,14,19H,2,5-10,12H2,1H3. The predicted octanol–water partition coefficient (Wildman–Crippen LogP) is 2.56. The monoisotopic (exact) mass is 298 g/mol. The number of hydrogen-bond acceptors (Lipinski definition) is 3. The number of nitrogens with zero attached hydrogens (tertiary/aromatic N) is 1. The first-order chi connectivity index (χ1) is 10.2. The van der Waals surface area contributed by atoms with Gasteiger partial charge in [-0.1, -0.05) is 6.07 Å². The van der Waals surface area contributed by atoms with E-state index in [2.05, 4.69) is 10.2 Å². The van der Waals surface area contributed by atoms with Gasteiger partial charge >= 0.3 is 0 Å². The van der Waals surface area contributed by atoms with Crippen molar-refractivity contribution in [3.63, 3.8) is 0 Å². The number of piperidine rings is 1. The highest BCUT2D eigenvalue weighted by molar-refractivity contribution is 5.16. The van der Waals surface area contributed by atoms with Crippen LogP contribution < -0.4 is 5.32 Å². The van der Waals surface area contributed by atoms with E-state index in [-0.39, 0.29) is 0 Å². The lowest BCUT2D eigenvalue weighted by atomic mass is 10.1. The van der Waals surface area contributed by atoms with Crippen molar-refractivity contribution in [1.82, 2.24) is 10.2 Å². The Balaban J connectivity index is 1.57. The number of hydrogen-bond donors (Lipinski definition) is 1. The minimum Gasteiger partial charge on any atom is -0.377 e. The van der Waals surface area contributed by atoms with E-state index in [1.165, 1.54) is 18.9 Å². The summed E-state index contributed by atoms with van der Waals surface area (Å²) < 4.78 is 31.3. The third-order valence-electron chi connectivity index (χ3n) is 4.01. The van der Waals surface area contributed by atoms with Crippen molar-refractivity contribution in [3.05, 3.63) is 35.4 Å². The fourth-order valence-electron chi connectivity index (χ4n) is 2.65.